The van der Waals surface area contributed by atoms with Crippen LogP contribution < -0.4 is 5.73 Å². The molecular formula is C11H19N3O3S. The van der Waals surface area contributed by atoms with E-state index in [1.54, 1.807) is 13.2 Å². The first-order valence-corrected chi connectivity index (χ1v) is 7.07. The lowest BCUT2D eigenvalue weighted by molar-refractivity contribution is 0.189. The van der Waals surface area contributed by atoms with Crippen LogP contribution in [0.4, 0.5) is 0 Å². The summed E-state index contributed by atoms with van der Waals surface area (Å²) in [7, 11) is -0.401. The van der Waals surface area contributed by atoms with E-state index in [9.17, 15) is 8.42 Å². The largest absolute Gasteiger partial charge is 0.385 e. The topological polar surface area (TPSA) is 85.5 Å². The van der Waals surface area contributed by atoms with Crippen LogP contribution in [0, 0.1) is 0 Å². The molecule has 0 bridgehead atoms. The van der Waals surface area contributed by atoms with Crippen LogP contribution in [0.2, 0.25) is 0 Å². The first-order chi connectivity index (χ1) is 8.54. The Morgan fingerprint density at radius 1 is 1.50 bits per heavy atom. The lowest BCUT2D eigenvalue weighted by atomic mass is 10.3. The van der Waals surface area contributed by atoms with Gasteiger partial charge in [0.15, 0.2) is 0 Å². The van der Waals surface area contributed by atoms with Crippen molar-refractivity contribution in [3.05, 3.63) is 24.0 Å². The summed E-state index contributed by atoms with van der Waals surface area (Å²) >= 11 is 0. The maximum Gasteiger partial charge on any atom is 0.244 e. The molecule has 0 saturated heterocycles. The van der Waals surface area contributed by atoms with Crippen LogP contribution in [-0.4, -0.2) is 45.0 Å². The van der Waals surface area contributed by atoms with Crippen LogP contribution in [0.15, 0.2) is 23.2 Å². The van der Waals surface area contributed by atoms with Crippen LogP contribution in [0.25, 0.3) is 0 Å². The number of nitrogens with two attached hydrogens (primary N) is 1. The molecule has 1 rings (SSSR count). The van der Waals surface area contributed by atoms with E-state index in [0.717, 1.165) is 0 Å². The maximum absolute atomic E-state index is 12.3. The van der Waals surface area contributed by atoms with Crippen LogP contribution in [0.1, 0.15) is 12.1 Å². The van der Waals surface area contributed by atoms with Crippen molar-refractivity contribution in [3.63, 3.8) is 0 Å². The van der Waals surface area contributed by atoms with Crippen LogP contribution in [0.3, 0.4) is 0 Å². The maximum atomic E-state index is 12.3. The van der Waals surface area contributed by atoms with Crippen molar-refractivity contribution in [3.8, 4) is 0 Å². The number of sulfonamides is 1. The third kappa shape index (κ3) is 3.49. The van der Waals surface area contributed by atoms with Crippen molar-refractivity contribution < 1.29 is 13.2 Å². The predicted molar refractivity (Wildman–Crippen MR) is 68.4 cm³/mol. The summed E-state index contributed by atoms with van der Waals surface area (Å²) in [5, 5.41) is 0. The van der Waals surface area contributed by atoms with Crippen molar-refractivity contribution in [1.29, 1.82) is 0 Å². The Morgan fingerprint density at radius 2 is 2.22 bits per heavy atom. The second-order valence-corrected chi connectivity index (χ2v) is 5.84. The van der Waals surface area contributed by atoms with Crippen molar-refractivity contribution in [2.24, 2.45) is 5.73 Å². The highest BCUT2D eigenvalue weighted by Gasteiger charge is 2.23. The number of ether oxygens (including phenoxy) is 1. The third-order valence-corrected chi connectivity index (χ3v) is 4.48. The minimum Gasteiger partial charge on any atom is -0.385 e. The van der Waals surface area contributed by atoms with E-state index in [2.05, 4.69) is 4.98 Å². The lowest BCUT2D eigenvalue weighted by Crippen LogP contribution is -2.30. The second-order valence-electron chi connectivity index (χ2n) is 3.83. The molecule has 0 atom stereocenters. The smallest absolute Gasteiger partial charge is 0.244 e. The first-order valence-electron chi connectivity index (χ1n) is 5.63. The van der Waals surface area contributed by atoms with E-state index in [4.69, 9.17) is 10.5 Å². The lowest BCUT2D eigenvalue weighted by Gasteiger charge is -2.18. The molecule has 0 spiro atoms. The molecule has 6 nitrogen and oxygen atoms in total. The minimum atomic E-state index is -3.53. The summed E-state index contributed by atoms with van der Waals surface area (Å²) < 4.78 is 30.8. The van der Waals surface area contributed by atoms with Crippen LogP contribution in [-0.2, 0) is 21.3 Å². The van der Waals surface area contributed by atoms with Crippen molar-refractivity contribution in [2.45, 2.75) is 17.9 Å². The fourth-order valence-electron chi connectivity index (χ4n) is 1.53. The van der Waals surface area contributed by atoms with Crippen molar-refractivity contribution in [2.75, 3.05) is 27.3 Å². The van der Waals surface area contributed by atoms with Gasteiger partial charge < -0.3 is 10.5 Å². The molecule has 0 fully saturated rings. The van der Waals surface area contributed by atoms with Gasteiger partial charge >= 0.3 is 0 Å². The van der Waals surface area contributed by atoms with Gasteiger partial charge in [-0.3, -0.25) is 4.98 Å². The molecular weight excluding hydrogens is 254 g/mol. The van der Waals surface area contributed by atoms with E-state index in [-0.39, 0.29) is 11.4 Å². The Balaban J connectivity index is 2.91. The Morgan fingerprint density at radius 3 is 2.83 bits per heavy atom. The normalized spacial score (nSPS) is 12.0. The summed E-state index contributed by atoms with van der Waals surface area (Å²) in [5.74, 6) is 0. The van der Waals surface area contributed by atoms with Gasteiger partial charge in [0.05, 0.1) is 5.69 Å². The Bertz CT molecular complexity index is 476. The number of rotatable bonds is 7. The average Bonchev–Trinajstić information content (AvgIpc) is 2.38. The fourth-order valence-corrected chi connectivity index (χ4v) is 2.92. The number of aromatic nitrogens is 1. The Hall–Kier alpha value is -1.02. The molecule has 7 heteroatoms. The molecule has 1 aromatic heterocycles. The van der Waals surface area contributed by atoms with E-state index >= 15 is 0 Å². The molecule has 0 aliphatic rings. The molecule has 0 radical (unpaired) electrons. The van der Waals surface area contributed by atoms with E-state index in [1.165, 1.54) is 23.6 Å². The highest BCUT2D eigenvalue weighted by molar-refractivity contribution is 7.89. The zero-order valence-corrected chi connectivity index (χ0v) is 11.5. The summed E-state index contributed by atoms with van der Waals surface area (Å²) in [6, 6.07) is 3.12. The minimum absolute atomic E-state index is 0.0985. The highest BCUT2D eigenvalue weighted by atomic mass is 32.2. The average molecular weight is 273 g/mol. The zero-order chi connectivity index (χ0) is 13.6. The summed E-state index contributed by atoms with van der Waals surface area (Å²) in [6.07, 6.45) is 2.18. The van der Waals surface area contributed by atoms with Gasteiger partial charge in [-0.15, -0.1) is 0 Å². The van der Waals surface area contributed by atoms with Gasteiger partial charge in [-0.25, -0.2) is 12.7 Å². The predicted octanol–water partition coefficient (Wildman–Crippen LogP) is 0.197. The van der Waals surface area contributed by atoms with Gasteiger partial charge in [-0.2, -0.15) is 0 Å². The van der Waals surface area contributed by atoms with Crippen LogP contribution >= 0.6 is 0 Å². The molecule has 0 unspecified atom stereocenters. The van der Waals surface area contributed by atoms with Gasteiger partial charge in [0.25, 0.3) is 0 Å². The number of hydrogen-bond acceptors (Lipinski definition) is 5. The standard InChI is InChI=1S/C11H19N3O3S/c1-14(7-4-8-17-2)18(15,16)11-5-3-6-13-10(11)9-12/h3,5-6H,4,7-9,12H2,1-2H3. The molecule has 1 aromatic rings. The number of methoxy groups -OCH3 is 1. The van der Waals surface area contributed by atoms with Gasteiger partial charge in [0.1, 0.15) is 4.90 Å². The van der Waals surface area contributed by atoms with Gasteiger partial charge in [0, 0.05) is 40.1 Å². The molecule has 0 aliphatic carbocycles. The molecule has 2 N–H and O–H groups in total. The van der Waals surface area contributed by atoms with Gasteiger partial charge in [-0.1, -0.05) is 0 Å². The molecule has 0 aromatic carbocycles. The summed E-state index contributed by atoms with van der Waals surface area (Å²) in [5.41, 5.74) is 5.89. The van der Waals surface area contributed by atoms with Gasteiger partial charge in [0.2, 0.25) is 10.0 Å². The Labute approximate surface area is 108 Å². The highest BCUT2D eigenvalue weighted by Crippen LogP contribution is 2.17. The molecule has 0 saturated carbocycles. The number of hydrogen-bond donors (Lipinski definition) is 1. The molecule has 1 heterocycles. The first kappa shape index (κ1) is 15.0. The third-order valence-electron chi connectivity index (χ3n) is 2.55. The van der Waals surface area contributed by atoms with Crippen LogP contribution in [0.5, 0.6) is 0 Å². The molecule has 0 aliphatic heterocycles. The molecule has 18 heavy (non-hydrogen) atoms. The quantitative estimate of drug-likeness (QED) is 0.717. The number of pyridine rings is 1. The van der Waals surface area contributed by atoms with Gasteiger partial charge in [-0.05, 0) is 18.6 Å². The zero-order valence-electron chi connectivity index (χ0n) is 10.7. The Kier molecular flexibility index (Phi) is 5.67. The molecule has 0 amide bonds. The second kappa shape index (κ2) is 6.79. The van der Waals surface area contributed by atoms with E-state index in [1.807, 2.05) is 0 Å². The SMILES string of the molecule is COCCCN(C)S(=O)(=O)c1cccnc1CN. The van der Waals surface area contributed by atoms with Crippen molar-refractivity contribution >= 4 is 10.0 Å². The van der Waals surface area contributed by atoms with Crippen molar-refractivity contribution in [1.82, 2.24) is 9.29 Å². The monoisotopic (exact) mass is 273 g/mol. The molecule has 102 valence electrons. The van der Waals surface area contributed by atoms with E-state index in [0.29, 0.717) is 25.3 Å². The van der Waals surface area contributed by atoms with E-state index < -0.39 is 10.0 Å². The summed E-state index contributed by atoms with van der Waals surface area (Å²) in [6.45, 7) is 1.02. The number of nitrogens with zero attached hydrogens (tertiary/aromatic N) is 2. The summed E-state index contributed by atoms with van der Waals surface area (Å²) in [4.78, 5) is 4.16. The fraction of sp³-hybridized carbons (Fsp3) is 0.545.